The Bertz CT molecular complexity index is 819. The summed E-state index contributed by atoms with van der Waals surface area (Å²) in [7, 11) is 0. The van der Waals surface area contributed by atoms with Crippen molar-refractivity contribution in [1.29, 1.82) is 0 Å². The van der Waals surface area contributed by atoms with Crippen molar-refractivity contribution < 1.29 is 4.74 Å². The van der Waals surface area contributed by atoms with Crippen LogP contribution in [0.3, 0.4) is 0 Å². The maximum atomic E-state index is 5.91. The Labute approximate surface area is 131 Å². The zero-order valence-electron chi connectivity index (χ0n) is 13.7. The molecule has 0 fully saturated rings. The van der Waals surface area contributed by atoms with Gasteiger partial charge in [0.25, 0.3) is 0 Å². The van der Waals surface area contributed by atoms with Gasteiger partial charge in [0.15, 0.2) is 0 Å². The first kappa shape index (κ1) is 13.6. The second kappa shape index (κ2) is 4.45. The zero-order chi connectivity index (χ0) is 15.5. The van der Waals surface area contributed by atoms with Gasteiger partial charge in [0, 0.05) is 11.0 Å². The predicted molar refractivity (Wildman–Crippen MR) is 90.8 cm³/mol. The molecule has 112 valence electrons. The first-order valence-electron chi connectivity index (χ1n) is 8.01. The van der Waals surface area contributed by atoms with Crippen molar-refractivity contribution in [2.24, 2.45) is 4.99 Å². The minimum atomic E-state index is -0.0113. The molecule has 1 unspecified atom stereocenters. The van der Waals surface area contributed by atoms with Gasteiger partial charge >= 0.3 is 0 Å². The first-order valence-corrected chi connectivity index (χ1v) is 8.01. The summed E-state index contributed by atoms with van der Waals surface area (Å²) in [6.07, 6.45) is 1.03. The smallest absolute Gasteiger partial charge is 0.125 e. The fraction of sp³-hybridized carbons (Fsp3) is 0.350. The lowest BCUT2D eigenvalue weighted by atomic mass is 9.77. The van der Waals surface area contributed by atoms with Crippen LogP contribution in [-0.2, 0) is 11.8 Å². The Morgan fingerprint density at radius 2 is 2.00 bits per heavy atom. The van der Waals surface area contributed by atoms with E-state index >= 15 is 0 Å². The van der Waals surface area contributed by atoms with E-state index in [1.807, 2.05) is 6.92 Å². The molecule has 2 aromatic carbocycles. The van der Waals surface area contributed by atoms with Gasteiger partial charge in [-0.2, -0.15) is 0 Å². The van der Waals surface area contributed by atoms with E-state index in [9.17, 15) is 0 Å². The fourth-order valence-electron chi connectivity index (χ4n) is 4.27. The molecule has 1 heterocycles. The molecule has 0 aromatic heterocycles. The van der Waals surface area contributed by atoms with Gasteiger partial charge in [0.2, 0.25) is 0 Å². The second-order valence-electron chi connectivity index (χ2n) is 6.60. The summed E-state index contributed by atoms with van der Waals surface area (Å²) in [6.45, 7) is 9.37. The van der Waals surface area contributed by atoms with Crippen molar-refractivity contribution >= 4 is 11.4 Å². The van der Waals surface area contributed by atoms with Crippen LogP contribution >= 0.6 is 0 Å². The number of benzene rings is 2. The molecule has 2 aromatic rings. The molecule has 0 radical (unpaired) electrons. The molecule has 1 aliphatic heterocycles. The Hall–Kier alpha value is -2.09. The number of hydrogen-bond donors (Lipinski definition) is 0. The molecular weight excluding hydrogens is 270 g/mol. The minimum absolute atomic E-state index is 0.0113. The van der Waals surface area contributed by atoms with Gasteiger partial charge in [-0.15, -0.1) is 0 Å². The minimum Gasteiger partial charge on any atom is -0.493 e. The number of fused-ring (bicyclic) bond motifs is 5. The summed E-state index contributed by atoms with van der Waals surface area (Å²) < 4.78 is 5.91. The molecule has 0 saturated heterocycles. The average Bonchev–Trinajstić information content (AvgIpc) is 2.91. The van der Waals surface area contributed by atoms with E-state index in [-0.39, 0.29) is 5.41 Å². The number of nitrogens with zero attached hydrogens (tertiary/aromatic N) is 1. The van der Waals surface area contributed by atoms with Gasteiger partial charge in [-0.25, -0.2) is 0 Å². The third-order valence-electron chi connectivity index (χ3n) is 5.09. The van der Waals surface area contributed by atoms with Gasteiger partial charge in [0.1, 0.15) is 5.75 Å². The van der Waals surface area contributed by atoms with Crippen molar-refractivity contribution in [3.63, 3.8) is 0 Å². The molecule has 1 atom stereocenters. The molecule has 22 heavy (non-hydrogen) atoms. The Kier molecular flexibility index (Phi) is 2.75. The van der Waals surface area contributed by atoms with Gasteiger partial charge in [0.05, 0.1) is 18.0 Å². The maximum Gasteiger partial charge on any atom is 0.125 e. The molecule has 2 heteroatoms. The van der Waals surface area contributed by atoms with Crippen LogP contribution in [-0.4, -0.2) is 12.3 Å². The van der Waals surface area contributed by atoms with Gasteiger partial charge in [-0.05, 0) is 62.4 Å². The summed E-state index contributed by atoms with van der Waals surface area (Å²) in [5, 5.41) is 0. The second-order valence-corrected chi connectivity index (χ2v) is 6.60. The van der Waals surface area contributed by atoms with Crippen molar-refractivity contribution in [2.75, 3.05) is 6.61 Å². The highest BCUT2D eigenvalue weighted by molar-refractivity contribution is 6.16. The predicted octanol–water partition coefficient (Wildman–Crippen LogP) is 4.65. The molecule has 0 bridgehead atoms. The standard InChI is InChI=1S/C20H21NO/c1-5-22-18-12(2)10-16-17(13(18)3)20(4)11-14-8-6-7-9-15(14)19(20)21-16/h6-10H,5,11H2,1-4H3. The Morgan fingerprint density at radius 3 is 2.77 bits per heavy atom. The van der Waals surface area contributed by atoms with Gasteiger partial charge in [-0.3, -0.25) is 4.99 Å². The molecule has 1 aliphatic carbocycles. The summed E-state index contributed by atoms with van der Waals surface area (Å²) in [5.74, 6) is 1.04. The lowest BCUT2D eigenvalue weighted by Gasteiger charge is -2.25. The van der Waals surface area contributed by atoms with Crippen molar-refractivity contribution in [3.05, 3.63) is 58.1 Å². The monoisotopic (exact) mass is 291 g/mol. The quantitative estimate of drug-likeness (QED) is 0.789. The van der Waals surface area contributed by atoms with Crippen LogP contribution in [0.5, 0.6) is 5.75 Å². The van der Waals surface area contributed by atoms with Gasteiger partial charge < -0.3 is 4.74 Å². The third-order valence-corrected chi connectivity index (χ3v) is 5.09. The SMILES string of the molecule is CCOc1c(C)cc2c(c1C)C1(C)Cc3ccccc3C1=N2. The van der Waals surface area contributed by atoms with E-state index in [2.05, 4.69) is 51.1 Å². The number of aliphatic imine (C=N–C) groups is 1. The van der Waals surface area contributed by atoms with Crippen LogP contribution in [0.15, 0.2) is 35.3 Å². The fourth-order valence-corrected chi connectivity index (χ4v) is 4.27. The van der Waals surface area contributed by atoms with Crippen molar-refractivity contribution in [2.45, 2.75) is 39.5 Å². The van der Waals surface area contributed by atoms with E-state index in [0.29, 0.717) is 6.61 Å². The van der Waals surface area contributed by atoms with Crippen LogP contribution in [0, 0.1) is 13.8 Å². The van der Waals surface area contributed by atoms with Crippen molar-refractivity contribution in [3.8, 4) is 5.75 Å². The Morgan fingerprint density at radius 1 is 1.23 bits per heavy atom. The van der Waals surface area contributed by atoms with E-state index in [1.165, 1.54) is 33.5 Å². The van der Waals surface area contributed by atoms with E-state index in [0.717, 1.165) is 17.9 Å². The highest BCUT2D eigenvalue weighted by Gasteiger charge is 2.47. The number of rotatable bonds is 2. The molecule has 2 aliphatic rings. The first-order chi connectivity index (χ1) is 10.6. The normalized spacial score (nSPS) is 21.2. The highest BCUT2D eigenvalue weighted by atomic mass is 16.5. The molecule has 0 amide bonds. The Balaban J connectivity index is 1.95. The van der Waals surface area contributed by atoms with Crippen LogP contribution in [0.25, 0.3) is 0 Å². The molecule has 0 N–H and O–H groups in total. The topological polar surface area (TPSA) is 21.6 Å². The van der Waals surface area contributed by atoms with Crippen LogP contribution in [0.1, 0.15) is 41.7 Å². The number of hydrogen-bond acceptors (Lipinski definition) is 2. The van der Waals surface area contributed by atoms with Crippen LogP contribution in [0.4, 0.5) is 5.69 Å². The molecule has 0 spiro atoms. The number of aryl methyl sites for hydroxylation is 1. The average molecular weight is 291 g/mol. The lowest BCUT2D eigenvalue weighted by molar-refractivity contribution is 0.334. The largest absolute Gasteiger partial charge is 0.493 e. The third kappa shape index (κ3) is 1.58. The van der Waals surface area contributed by atoms with Crippen LogP contribution in [0.2, 0.25) is 0 Å². The molecular formula is C20H21NO. The van der Waals surface area contributed by atoms with E-state index in [4.69, 9.17) is 9.73 Å². The summed E-state index contributed by atoms with van der Waals surface area (Å²) in [6, 6.07) is 10.9. The summed E-state index contributed by atoms with van der Waals surface area (Å²) in [4.78, 5) is 5.01. The van der Waals surface area contributed by atoms with E-state index in [1.54, 1.807) is 0 Å². The number of ether oxygens (including phenoxy) is 1. The summed E-state index contributed by atoms with van der Waals surface area (Å²) in [5.41, 5.74) is 8.86. The maximum absolute atomic E-state index is 5.91. The lowest BCUT2D eigenvalue weighted by Crippen LogP contribution is -2.27. The van der Waals surface area contributed by atoms with Crippen LogP contribution < -0.4 is 4.74 Å². The zero-order valence-corrected chi connectivity index (χ0v) is 13.7. The highest BCUT2D eigenvalue weighted by Crippen LogP contribution is 2.52. The van der Waals surface area contributed by atoms with Gasteiger partial charge in [-0.1, -0.05) is 24.3 Å². The van der Waals surface area contributed by atoms with Crippen molar-refractivity contribution in [1.82, 2.24) is 0 Å². The summed E-state index contributed by atoms with van der Waals surface area (Å²) >= 11 is 0. The van der Waals surface area contributed by atoms with E-state index < -0.39 is 0 Å². The molecule has 2 nitrogen and oxygen atoms in total. The molecule has 4 rings (SSSR count). The molecule has 0 saturated carbocycles.